The van der Waals surface area contributed by atoms with E-state index < -0.39 is 0 Å². The van der Waals surface area contributed by atoms with Crippen molar-refractivity contribution in [2.45, 2.75) is 6.92 Å². The summed E-state index contributed by atoms with van der Waals surface area (Å²) in [6.07, 6.45) is 1.51. The third-order valence-electron chi connectivity index (χ3n) is 3.10. The van der Waals surface area contributed by atoms with Gasteiger partial charge < -0.3 is 5.11 Å². The zero-order chi connectivity index (χ0) is 16.9. The van der Waals surface area contributed by atoms with E-state index in [4.69, 9.17) is 11.6 Å². The van der Waals surface area contributed by atoms with Crippen molar-refractivity contribution in [3.63, 3.8) is 0 Å². The average Bonchev–Trinajstić information content (AvgIpc) is 2.99. The number of aliphatic imine (C=N–C) groups is 1. The predicted octanol–water partition coefficient (Wildman–Crippen LogP) is 4.90. The van der Waals surface area contributed by atoms with Gasteiger partial charge in [0.25, 0.3) is 0 Å². The maximum Gasteiger partial charge on any atom is 0.240 e. The Bertz CT molecular complexity index is 920. The van der Waals surface area contributed by atoms with Crippen molar-refractivity contribution in [3.8, 4) is 5.75 Å². The van der Waals surface area contributed by atoms with Gasteiger partial charge in [-0.2, -0.15) is 0 Å². The van der Waals surface area contributed by atoms with E-state index in [1.165, 1.54) is 12.3 Å². The van der Waals surface area contributed by atoms with Crippen LogP contribution in [0.4, 0.5) is 17.2 Å². The number of hydrogen-bond acceptors (Lipinski definition) is 7. The van der Waals surface area contributed by atoms with Gasteiger partial charge in [0.05, 0.1) is 16.4 Å². The summed E-state index contributed by atoms with van der Waals surface area (Å²) in [7, 11) is 0. The lowest BCUT2D eigenvalue weighted by Crippen LogP contribution is -1.82. The standard InChI is InChI=1S/C16H12ClN5O2/c1-10-16(22-24-21-10)20-19-12-6-7-15(23)11(8-12)9-18-14-5-3-2-4-13(14)17/h2-9,23H,1H3. The van der Waals surface area contributed by atoms with Crippen molar-refractivity contribution in [2.75, 3.05) is 0 Å². The summed E-state index contributed by atoms with van der Waals surface area (Å²) >= 11 is 6.05. The van der Waals surface area contributed by atoms with Gasteiger partial charge in [0.15, 0.2) is 0 Å². The highest BCUT2D eigenvalue weighted by Gasteiger charge is 2.04. The minimum atomic E-state index is 0.0732. The molecular formula is C16H12ClN5O2. The van der Waals surface area contributed by atoms with Crippen LogP contribution in [0.2, 0.25) is 5.02 Å². The van der Waals surface area contributed by atoms with Crippen molar-refractivity contribution in [1.82, 2.24) is 10.3 Å². The Balaban J connectivity index is 1.85. The van der Waals surface area contributed by atoms with Crippen molar-refractivity contribution in [1.29, 1.82) is 0 Å². The zero-order valence-corrected chi connectivity index (χ0v) is 13.3. The van der Waals surface area contributed by atoms with Gasteiger partial charge in [-0.05, 0) is 42.4 Å². The van der Waals surface area contributed by atoms with Crippen LogP contribution in [0.15, 0.2) is 62.3 Å². The molecule has 3 rings (SSSR count). The molecule has 0 spiro atoms. The number of aromatic nitrogens is 2. The summed E-state index contributed by atoms with van der Waals surface area (Å²) in [5.74, 6) is 0.374. The fourth-order valence-electron chi connectivity index (χ4n) is 1.83. The molecule has 0 aliphatic heterocycles. The summed E-state index contributed by atoms with van der Waals surface area (Å²) in [4.78, 5) is 4.28. The molecular weight excluding hydrogens is 330 g/mol. The number of aryl methyl sites for hydroxylation is 1. The Morgan fingerprint density at radius 1 is 1.12 bits per heavy atom. The van der Waals surface area contributed by atoms with E-state index in [0.717, 1.165) is 0 Å². The van der Waals surface area contributed by atoms with Gasteiger partial charge in [-0.25, -0.2) is 4.63 Å². The summed E-state index contributed by atoms with van der Waals surface area (Å²) in [5.41, 5.74) is 2.16. The number of phenols is 1. The molecule has 1 heterocycles. The summed E-state index contributed by atoms with van der Waals surface area (Å²) in [6.45, 7) is 1.71. The van der Waals surface area contributed by atoms with Crippen LogP contribution in [0, 0.1) is 6.92 Å². The van der Waals surface area contributed by atoms with E-state index in [-0.39, 0.29) is 5.75 Å². The first kappa shape index (κ1) is 15.8. The van der Waals surface area contributed by atoms with Crippen molar-refractivity contribution >= 4 is 35.0 Å². The molecule has 0 aliphatic carbocycles. The molecule has 1 N–H and O–H groups in total. The normalized spacial score (nSPS) is 11.6. The molecule has 0 saturated heterocycles. The Morgan fingerprint density at radius 3 is 2.71 bits per heavy atom. The Morgan fingerprint density at radius 2 is 1.96 bits per heavy atom. The third kappa shape index (κ3) is 3.64. The molecule has 0 unspecified atom stereocenters. The van der Waals surface area contributed by atoms with Gasteiger partial charge in [0, 0.05) is 11.8 Å². The number of nitrogens with zero attached hydrogens (tertiary/aromatic N) is 5. The van der Waals surface area contributed by atoms with E-state index in [0.29, 0.717) is 33.5 Å². The number of aromatic hydroxyl groups is 1. The number of hydrogen-bond donors (Lipinski definition) is 1. The minimum absolute atomic E-state index is 0.0732. The number of benzene rings is 2. The Labute approximate surface area is 142 Å². The lowest BCUT2D eigenvalue weighted by molar-refractivity contribution is 0.305. The van der Waals surface area contributed by atoms with E-state index in [1.807, 2.05) is 12.1 Å². The van der Waals surface area contributed by atoms with Crippen molar-refractivity contribution in [2.24, 2.45) is 15.2 Å². The molecule has 0 amide bonds. The maximum atomic E-state index is 9.94. The first-order valence-corrected chi connectivity index (χ1v) is 7.34. The second-order valence-corrected chi connectivity index (χ2v) is 5.23. The molecule has 120 valence electrons. The highest BCUT2D eigenvalue weighted by molar-refractivity contribution is 6.33. The largest absolute Gasteiger partial charge is 0.507 e. The molecule has 0 aliphatic rings. The van der Waals surface area contributed by atoms with Gasteiger partial charge in [-0.15, -0.1) is 10.2 Å². The summed E-state index contributed by atoms with van der Waals surface area (Å²) in [5, 5.41) is 25.7. The van der Waals surface area contributed by atoms with Crippen LogP contribution in [0.3, 0.4) is 0 Å². The first-order valence-electron chi connectivity index (χ1n) is 6.96. The average molecular weight is 342 g/mol. The van der Waals surface area contributed by atoms with Crippen LogP contribution in [0.1, 0.15) is 11.3 Å². The van der Waals surface area contributed by atoms with Crippen LogP contribution < -0.4 is 0 Å². The van der Waals surface area contributed by atoms with Crippen LogP contribution in [0.5, 0.6) is 5.75 Å². The molecule has 0 saturated carbocycles. The SMILES string of the molecule is Cc1nonc1N=Nc1ccc(O)c(C=Nc2ccccc2Cl)c1. The van der Waals surface area contributed by atoms with Crippen LogP contribution in [0.25, 0.3) is 0 Å². The van der Waals surface area contributed by atoms with Crippen molar-refractivity contribution < 1.29 is 9.74 Å². The number of phenolic OH excluding ortho intramolecular Hbond substituents is 1. The molecule has 3 aromatic rings. The molecule has 0 radical (unpaired) electrons. The molecule has 7 nitrogen and oxygen atoms in total. The second kappa shape index (κ2) is 7.01. The quantitative estimate of drug-likeness (QED) is 0.539. The van der Waals surface area contributed by atoms with Gasteiger partial charge in [0.2, 0.25) is 5.82 Å². The molecule has 0 atom stereocenters. The third-order valence-corrected chi connectivity index (χ3v) is 3.41. The topological polar surface area (TPSA) is 96.2 Å². The number of para-hydroxylation sites is 1. The number of azo groups is 1. The zero-order valence-electron chi connectivity index (χ0n) is 12.6. The summed E-state index contributed by atoms with van der Waals surface area (Å²) < 4.78 is 4.55. The van der Waals surface area contributed by atoms with Gasteiger partial charge in [0.1, 0.15) is 11.4 Å². The second-order valence-electron chi connectivity index (χ2n) is 4.83. The van der Waals surface area contributed by atoms with Gasteiger partial charge in [-0.3, -0.25) is 4.99 Å². The van der Waals surface area contributed by atoms with E-state index in [1.54, 1.807) is 31.2 Å². The van der Waals surface area contributed by atoms with Crippen LogP contribution in [-0.4, -0.2) is 21.6 Å². The smallest absolute Gasteiger partial charge is 0.240 e. The Kier molecular flexibility index (Phi) is 4.62. The minimum Gasteiger partial charge on any atom is -0.507 e. The maximum absolute atomic E-state index is 9.94. The summed E-state index contributed by atoms with van der Waals surface area (Å²) in [6, 6.07) is 11.9. The van der Waals surface area contributed by atoms with Crippen LogP contribution in [-0.2, 0) is 0 Å². The highest BCUT2D eigenvalue weighted by Crippen LogP contribution is 2.27. The molecule has 24 heavy (non-hydrogen) atoms. The first-order chi connectivity index (χ1) is 11.6. The van der Waals surface area contributed by atoms with Crippen molar-refractivity contribution in [3.05, 3.63) is 58.7 Å². The highest BCUT2D eigenvalue weighted by atomic mass is 35.5. The Hall–Kier alpha value is -3.06. The molecule has 0 fully saturated rings. The predicted molar refractivity (Wildman–Crippen MR) is 90.0 cm³/mol. The van der Waals surface area contributed by atoms with Gasteiger partial charge in [-0.1, -0.05) is 28.9 Å². The lowest BCUT2D eigenvalue weighted by Gasteiger charge is -2.01. The van der Waals surface area contributed by atoms with Crippen LogP contribution >= 0.6 is 11.6 Å². The molecule has 2 aromatic carbocycles. The molecule has 1 aromatic heterocycles. The monoisotopic (exact) mass is 341 g/mol. The fourth-order valence-corrected chi connectivity index (χ4v) is 2.01. The molecule has 8 heteroatoms. The van der Waals surface area contributed by atoms with Gasteiger partial charge >= 0.3 is 0 Å². The fraction of sp³-hybridized carbons (Fsp3) is 0.0625. The lowest BCUT2D eigenvalue weighted by atomic mass is 10.2. The van der Waals surface area contributed by atoms with E-state index in [2.05, 4.69) is 30.2 Å². The number of halogens is 1. The molecule has 0 bridgehead atoms. The van der Waals surface area contributed by atoms with E-state index >= 15 is 0 Å². The number of rotatable bonds is 4. The van der Waals surface area contributed by atoms with E-state index in [9.17, 15) is 5.11 Å².